The summed E-state index contributed by atoms with van der Waals surface area (Å²) in [5.74, 6) is 0. The number of benzene rings is 1. The van der Waals surface area contributed by atoms with Gasteiger partial charge in [-0.2, -0.15) is 0 Å². The number of fused-ring (bicyclic) bond motifs is 1. The van der Waals surface area contributed by atoms with Crippen LogP contribution in [0, 0.1) is 0 Å². The van der Waals surface area contributed by atoms with E-state index in [4.69, 9.17) is 0 Å². The zero-order chi connectivity index (χ0) is 8.60. The lowest BCUT2D eigenvalue weighted by atomic mass is 9.93. The maximum Gasteiger partial charge on any atom is 0.0899 e. The van der Waals surface area contributed by atoms with Gasteiger partial charge in [-0.25, -0.2) is 0 Å². The van der Waals surface area contributed by atoms with Gasteiger partial charge in [0.15, 0.2) is 0 Å². The van der Waals surface area contributed by atoms with Gasteiger partial charge in [0, 0.05) is 0 Å². The summed E-state index contributed by atoms with van der Waals surface area (Å²) in [6, 6.07) is 8.21. The van der Waals surface area contributed by atoms with E-state index in [2.05, 4.69) is 6.07 Å². The molecule has 64 valence electrons. The first kappa shape index (κ1) is 7.81. The predicted molar refractivity (Wildman–Crippen MR) is 49.0 cm³/mol. The molecule has 1 nitrogen and oxygen atoms in total. The molecule has 1 aromatic carbocycles. The molecule has 1 aromatic rings. The molecule has 1 aliphatic rings. The molecule has 12 heavy (non-hydrogen) atoms. The number of hydrogen-bond donors (Lipinski definition) is 1. The summed E-state index contributed by atoms with van der Waals surface area (Å²) in [4.78, 5) is 0. The van der Waals surface area contributed by atoms with Crippen molar-refractivity contribution < 1.29 is 5.11 Å². The molecule has 1 heteroatoms. The molecule has 1 atom stereocenters. The van der Waals surface area contributed by atoms with E-state index >= 15 is 0 Å². The first-order valence-corrected chi connectivity index (χ1v) is 4.57. The minimum Gasteiger partial charge on any atom is -0.385 e. The zero-order valence-corrected chi connectivity index (χ0v) is 7.38. The molecular weight excluding hydrogens is 148 g/mol. The van der Waals surface area contributed by atoms with E-state index in [9.17, 15) is 5.11 Å². The predicted octanol–water partition coefficient (Wildman–Crippen LogP) is 2.23. The van der Waals surface area contributed by atoms with Gasteiger partial charge < -0.3 is 5.11 Å². The van der Waals surface area contributed by atoms with Crippen molar-refractivity contribution in [3.8, 4) is 0 Å². The first-order chi connectivity index (χ1) is 5.76. The Bertz CT molecular complexity index is 293. The number of hydrogen-bond acceptors (Lipinski definition) is 1. The second kappa shape index (κ2) is 2.60. The van der Waals surface area contributed by atoms with Crippen molar-refractivity contribution in [3.05, 3.63) is 35.4 Å². The normalized spacial score (nSPS) is 27.2. The molecule has 0 radical (unpaired) electrons. The first-order valence-electron chi connectivity index (χ1n) is 4.57. The molecule has 0 bridgehead atoms. The lowest BCUT2D eigenvalue weighted by molar-refractivity contribution is 0.0346. The summed E-state index contributed by atoms with van der Waals surface area (Å²) in [5, 5.41) is 10.2. The van der Waals surface area contributed by atoms with Crippen LogP contribution >= 0.6 is 0 Å². The van der Waals surface area contributed by atoms with E-state index in [0.717, 1.165) is 24.8 Å². The average Bonchev–Trinajstić information content (AvgIpc) is 2.46. The van der Waals surface area contributed by atoms with Gasteiger partial charge in [0.1, 0.15) is 0 Å². The lowest BCUT2D eigenvalue weighted by Gasteiger charge is -2.21. The summed E-state index contributed by atoms with van der Waals surface area (Å²) in [5.41, 5.74) is 1.94. The highest BCUT2D eigenvalue weighted by molar-refractivity contribution is 5.36. The van der Waals surface area contributed by atoms with Gasteiger partial charge in [-0.3, -0.25) is 0 Å². The van der Waals surface area contributed by atoms with Crippen LogP contribution in [0.1, 0.15) is 30.9 Å². The quantitative estimate of drug-likeness (QED) is 0.671. The van der Waals surface area contributed by atoms with Gasteiger partial charge >= 0.3 is 0 Å². The highest BCUT2D eigenvalue weighted by Gasteiger charge is 2.34. The minimum atomic E-state index is -0.531. The highest BCUT2D eigenvalue weighted by Crippen LogP contribution is 2.38. The van der Waals surface area contributed by atoms with Crippen molar-refractivity contribution in [1.82, 2.24) is 0 Å². The maximum absolute atomic E-state index is 10.2. The Kier molecular flexibility index (Phi) is 1.69. The molecule has 0 spiro atoms. The molecule has 0 fully saturated rings. The zero-order valence-electron chi connectivity index (χ0n) is 7.38. The van der Waals surface area contributed by atoms with Gasteiger partial charge in [0.05, 0.1) is 5.60 Å². The molecule has 1 aliphatic carbocycles. The van der Waals surface area contributed by atoms with Crippen molar-refractivity contribution in [2.45, 2.75) is 31.8 Å². The third-order valence-corrected chi connectivity index (χ3v) is 2.91. The Morgan fingerprint density at radius 1 is 1.42 bits per heavy atom. The van der Waals surface area contributed by atoms with Gasteiger partial charge in [-0.05, 0) is 30.4 Å². The Labute approximate surface area is 73.0 Å². The summed E-state index contributed by atoms with van der Waals surface area (Å²) in [6.07, 6.45) is 2.74. The molecule has 0 aliphatic heterocycles. The Morgan fingerprint density at radius 3 is 2.92 bits per heavy atom. The Balaban J connectivity index is 2.49. The molecule has 0 unspecified atom stereocenters. The van der Waals surface area contributed by atoms with Crippen LogP contribution < -0.4 is 0 Å². The minimum absolute atomic E-state index is 0.531. The number of rotatable bonds is 1. The van der Waals surface area contributed by atoms with E-state index in [-0.39, 0.29) is 0 Å². The second-order valence-corrected chi connectivity index (χ2v) is 3.54. The number of aliphatic hydroxyl groups is 1. The van der Waals surface area contributed by atoms with E-state index in [0.29, 0.717) is 0 Å². The van der Waals surface area contributed by atoms with Gasteiger partial charge in [0.25, 0.3) is 0 Å². The summed E-state index contributed by atoms with van der Waals surface area (Å²) in [6.45, 7) is 2.04. The van der Waals surface area contributed by atoms with Crippen molar-refractivity contribution >= 4 is 0 Å². The summed E-state index contributed by atoms with van der Waals surface area (Å²) >= 11 is 0. The molecule has 2 rings (SSSR count). The van der Waals surface area contributed by atoms with Crippen molar-refractivity contribution in [2.75, 3.05) is 0 Å². The standard InChI is InChI=1S/C11H14O/c1-2-11(12)8-7-9-5-3-4-6-10(9)11/h3-6,12H,2,7-8H2,1H3/t11-/m1/s1. The van der Waals surface area contributed by atoms with Crippen LogP contribution in [0.25, 0.3) is 0 Å². The van der Waals surface area contributed by atoms with Gasteiger partial charge in [-0.15, -0.1) is 0 Å². The van der Waals surface area contributed by atoms with Gasteiger partial charge in [-0.1, -0.05) is 31.2 Å². The maximum atomic E-state index is 10.2. The molecule has 1 N–H and O–H groups in total. The fourth-order valence-electron chi connectivity index (χ4n) is 2.04. The van der Waals surface area contributed by atoms with Crippen molar-refractivity contribution in [2.24, 2.45) is 0 Å². The Morgan fingerprint density at radius 2 is 2.17 bits per heavy atom. The molecule has 0 heterocycles. The summed E-state index contributed by atoms with van der Waals surface area (Å²) in [7, 11) is 0. The molecule has 0 aromatic heterocycles. The molecule has 0 saturated carbocycles. The van der Waals surface area contributed by atoms with Crippen LogP contribution in [0.4, 0.5) is 0 Å². The summed E-state index contributed by atoms with van der Waals surface area (Å²) < 4.78 is 0. The monoisotopic (exact) mass is 162 g/mol. The van der Waals surface area contributed by atoms with E-state index in [1.165, 1.54) is 5.56 Å². The van der Waals surface area contributed by atoms with Crippen LogP contribution in [0.3, 0.4) is 0 Å². The topological polar surface area (TPSA) is 20.2 Å². The van der Waals surface area contributed by atoms with E-state index < -0.39 is 5.60 Å². The molecule has 0 amide bonds. The largest absolute Gasteiger partial charge is 0.385 e. The van der Waals surface area contributed by atoms with Gasteiger partial charge in [0.2, 0.25) is 0 Å². The van der Waals surface area contributed by atoms with Crippen LogP contribution in [0.2, 0.25) is 0 Å². The van der Waals surface area contributed by atoms with Crippen LogP contribution in [-0.4, -0.2) is 5.11 Å². The second-order valence-electron chi connectivity index (χ2n) is 3.54. The third-order valence-electron chi connectivity index (χ3n) is 2.91. The highest BCUT2D eigenvalue weighted by atomic mass is 16.3. The van der Waals surface area contributed by atoms with Crippen molar-refractivity contribution in [3.63, 3.8) is 0 Å². The molecular formula is C11H14O. The smallest absolute Gasteiger partial charge is 0.0899 e. The fourth-order valence-corrected chi connectivity index (χ4v) is 2.04. The van der Waals surface area contributed by atoms with Crippen LogP contribution in [0.5, 0.6) is 0 Å². The SMILES string of the molecule is CC[C@@]1(O)CCc2ccccc21. The van der Waals surface area contributed by atoms with Crippen molar-refractivity contribution in [1.29, 1.82) is 0 Å². The third kappa shape index (κ3) is 0.969. The van der Waals surface area contributed by atoms with E-state index in [1.807, 2.05) is 25.1 Å². The Hall–Kier alpha value is -0.820. The van der Waals surface area contributed by atoms with E-state index in [1.54, 1.807) is 0 Å². The average molecular weight is 162 g/mol. The molecule has 0 saturated heterocycles. The lowest BCUT2D eigenvalue weighted by Crippen LogP contribution is -2.20. The fraction of sp³-hybridized carbons (Fsp3) is 0.455. The van der Waals surface area contributed by atoms with Crippen LogP contribution in [0.15, 0.2) is 24.3 Å². The van der Waals surface area contributed by atoms with Crippen LogP contribution in [-0.2, 0) is 12.0 Å². The number of aryl methyl sites for hydroxylation is 1.